The van der Waals surface area contributed by atoms with Crippen LogP contribution in [0.15, 0.2) is 12.7 Å². The molecule has 0 radical (unpaired) electrons. The van der Waals surface area contributed by atoms with Crippen LogP contribution >= 0.6 is 0 Å². The molecule has 2 heterocycles. The number of aliphatic carboxylic acids is 1. The fourth-order valence-electron chi connectivity index (χ4n) is 3.47. The molecule has 2 unspecified atom stereocenters. The van der Waals surface area contributed by atoms with E-state index < -0.39 is 5.97 Å². The molecule has 100 valence electrons. The summed E-state index contributed by atoms with van der Waals surface area (Å²) in [6.07, 6.45) is 7.11. The molecule has 2 fully saturated rings. The van der Waals surface area contributed by atoms with Crippen molar-refractivity contribution in [3.8, 4) is 0 Å². The van der Waals surface area contributed by atoms with Gasteiger partial charge in [-0.25, -0.2) is 0 Å². The summed E-state index contributed by atoms with van der Waals surface area (Å²) in [6.45, 7) is 3.64. The van der Waals surface area contributed by atoms with Crippen LogP contribution in [0.5, 0.6) is 0 Å². The Balaban J connectivity index is 1.95. The maximum atomic E-state index is 12.1. The first-order chi connectivity index (χ1) is 8.61. The first-order valence-corrected chi connectivity index (χ1v) is 6.75. The summed E-state index contributed by atoms with van der Waals surface area (Å²) in [5.74, 6) is -0.245. The van der Waals surface area contributed by atoms with Crippen LogP contribution in [0.4, 0.5) is 0 Å². The van der Waals surface area contributed by atoms with Crippen molar-refractivity contribution in [2.24, 2.45) is 5.92 Å². The summed E-state index contributed by atoms with van der Waals surface area (Å²) in [4.78, 5) is 24.9. The summed E-state index contributed by atoms with van der Waals surface area (Å²) >= 11 is 0. The second kappa shape index (κ2) is 5.55. The minimum absolute atomic E-state index is 0.219. The Morgan fingerprint density at radius 1 is 1.28 bits per heavy atom. The number of rotatable bonds is 5. The van der Waals surface area contributed by atoms with Gasteiger partial charge < -0.3 is 10.0 Å². The number of allylic oxidation sites excluding steroid dienone is 1. The summed E-state index contributed by atoms with van der Waals surface area (Å²) in [5, 5.41) is 8.86. The number of carboxylic acid groups (broad SMARTS) is 1. The smallest absolute Gasteiger partial charge is 0.303 e. The van der Waals surface area contributed by atoms with E-state index >= 15 is 0 Å². The van der Waals surface area contributed by atoms with Gasteiger partial charge in [-0.05, 0) is 38.0 Å². The lowest BCUT2D eigenvalue weighted by atomic mass is 9.88. The van der Waals surface area contributed by atoms with Crippen LogP contribution in [-0.4, -0.2) is 34.0 Å². The van der Waals surface area contributed by atoms with Gasteiger partial charge >= 0.3 is 5.97 Å². The van der Waals surface area contributed by atoms with Gasteiger partial charge in [-0.15, -0.1) is 6.58 Å². The van der Waals surface area contributed by atoms with Crippen molar-refractivity contribution < 1.29 is 14.7 Å². The highest BCUT2D eigenvalue weighted by Crippen LogP contribution is 2.40. The highest BCUT2D eigenvalue weighted by molar-refractivity contribution is 5.77. The van der Waals surface area contributed by atoms with Crippen LogP contribution in [0.2, 0.25) is 0 Å². The van der Waals surface area contributed by atoms with Gasteiger partial charge in [0.1, 0.15) is 0 Å². The minimum Gasteiger partial charge on any atom is -0.481 e. The zero-order chi connectivity index (χ0) is 13.1. The average molecular weight is 251 g/mol. The van der Waals surface area contributed by atoms with Crippen LogP contribution in [0.1, 0.15) is 44.9 Å². The van der Waals surface area contributed by atoms with E-state index in [9.17, 15) is 9.59 Å². The summed E-state index contributed by atoms with van der Waals surface area (Å²) in [7, 11) is 0. The van der Waals surface area contributed by atoms with Gasteiger partial charge in [0.05, 0.1) is 0 Å². The molecule has 2 rings (SSSR count). The molecule has 4 nitrogen and oxygen atoms in total. The van der Waals surface area contributed by atoms with Gasteiger partial charge in [0.25, 0.3) is 0 Å². The molecular weight excluding hydrogens is 230 g/mol. The molecule has 2 bridgehead atoms. The third-order valence-corrected chi connectivity index (χ3v) is 4.14. The van der Waals surface area contributed by atoms with E-state index in [0.717, 1.165) is 32.1 Å². The van der Waals surface area contributed by atoms with Gasteiger partial charge in [-0.1, -0.05) is 6.08 Å². The first kappa shape index (κ1) is 13.1. The zero-order valence-electron chi connectivity index (χ0n) is 10.7. The number of hydrogen-bond donors (Lipinski definition) is 1. The maximum absolute atomic E-state index is 12.1. The largest absolute Gasteiger partial charge is 0.481 e. The first-order valence-electron chi connectivity index (χ1n) is 6.75. The molecule has 18 heavy (non-hydrogen) atoms. The van der Waals surface area contributed by atoms with Gasteiger partial charge in [0, 0.05) is 24.9 Å². The number of carbonyl (C=O) groups is 2. The molecule has 0 spiro atoms. The van der Waals surface area contributed by atoms with E-state index in [-0.39, 0.29) is 30.3 Å². The summed E-state index contributed by atoms with van der Waals surface area (Å²) in [6, 6.07) is 0.566. The van der Waals surface area contributed by atoms with E-state index in [2.05, 4.69) is 6.58 Å². The third-order valence-electron chi connectivity index (χ3n) is 4.14. The number of carbonyl (C=O) groups excluding carboxylic acids is 1. The molecule has 2 saturated heterocycles. The van der Waals surface area contributed by atoms with Crippen LogP contribution in [-0.2, 0) is 9.59 Å². The maximum Gasteiger partial charge on any atom is 0.303 e. The van der Waals surface area contributed by atoms with Crippen molar-refractivity contribution in [3.63, 3.8) is 0 Å². The number of fused-ring (bicyclic) bond motifs is 2. The van der Waals surface area contributed by atoms with Gasteiger partial charge in [-0.2, -0.15) is 0 Å². The lowest BCUT2D eigenvalue weighted by Gasteiger charge is -2.38. The van der Waals surface area contributed by atoms with Gasteiger partial charge in [0.2, 0.25) is 5.91 Å². The monoisotopic (exact) mass is 251 g/mol. The van der Waals surface area contributed by atoms with E-state index in [0.29, 0.717) is 6.42 Å². The van der Waals surface area contributed by atoms with Crippen molar-refractivity contribution in [2.45, 2.75) is 57.0 Å². The Kier molecular flexibility index (Phi) is 4.04. The predicted octanol–water partition coefficient (Wildman–Crippen LogP) is 2.20. The summed E-state index contributed by atoms with van der Waals surface area (Å²) in [5.41, 5.74) is 0. The topological polar surface area (TPSA) is 57.6 Å². The van der Waals surface area contributed by atoms with Crippen molar-refractivity contribution >= 4 is 11.9 Å². The lowest BCUT2D eigenvalue weighted by molar-refractivity contribution is -0.140. The molecule has 1 N–H and O–H groups in total. The minimum atomic E-state index is -0.717. The van der Waals surface area contributed by atoms with E-state index in [1.165, 1.54) is 0 Å². The molecule has 2 aliphatic rings. The van der Waals surface area contributed by atoms with Crippen molar-refractivity contribution in [2.75, 3.05) is 0 Å². The molecule has 0 aromatic carbocycles. The van der Waals surface area contributed by atoms with Crippen molar-refractivity contribution in [3.05, 3.63) is 12.7 Å². The fraction of sp³-hybridized carbons (Fsp3) is 0.714. The van der Waals surface area contributed by atoms with Crippen molar-refractivity contribution in [1.29, 1.82) is 0 Å². The zero-order valence-corrected chi connectivity index (χ0v) is 10.7. The highest BCUT2D eigenvalue weighted by Gasteiger charge is 2.42. The Bertz CT molecular complexity index is 339. The molecule has 0 aromatic heterocycles. The average Bonchev–Trinajstić information content (AvgIpc) is 2.57. The Morgan fingerprint density at radius 2 is 1.89 bits per heavy atom. The number of hydrogen-bond acceptors (Lipinski definition) is 2. The fourth-order valence-corrected chi connectivity index (χ4v) is 3.47. The Morgan fingerprint density at radius 3 is 2.39 bits per heavy atom. The molecule has 0 saturated carbocycles. The Hall–Kier alpha value is -1.32. The highest BCUT2D eigenvalue weighted by atomic mass is 16.4. The molecule has 2 atom stereocenters. The van der Waals surface area contributed by atoms with Gasteiger partial charge in [0.15, 0.2) is 0 Å². The normalized spacial score (nSPS) is 30.2. The number of nitrogens with zero attached hydrogens (tertiary/aromatic N) is 1. The SMILES string of the molecule is C=CCCC(=O)N1C2CCC1CC(CC(=O)O)C2. The van der Waals surface area contributed by atoms with Crippen LogP contribution in [0.25, 0.3) is 0 Å². The molecular formula is C14H21NO3. The van der Waals surface area contributed by atoms with Crippen LogP contribution in [0, 0.1) is 5.92 Å². The number of carboxylic acids is 1. The van der Waals surface area contributed by atoms with Gasteiger partial charge in [-0.3, -0.25) is 9.59 Å². The molecule has 0 aliphatic carbocycles. The third kappa shape index (κ3) is 2.74. The summed E-state index contributed by atoms with van der Waals surface area (Å²) < 4.78 is 0. The van der Waals surface area contributed by atoms with E-state index in [1.807, 2.05) is 4.90 Å². The second-order valence-electron chi connectivity index (χ2n) is 5.45. The lowest BCUT2D eigenvalue weighted by Crippen LogP contribution is -2.46. The Labute approximate surface area is 108 Å². The predicted molar refractivity (Wildman–Crippen MR) is 68.1 cm³/mol. The standard InChI is InChI=1S/C14H21NO3/c1-2-3-4-13(16)15-11-5-6-12(15)8-10(7-11)9-14(17)18/h2,10-12H,1,3-9H2,(H,17,18). The van der Waals surface area contributed by atoms with E-state index in [4.69, 9.17) is 5.11 Å². The van der Waals surface area contributed by atoms with E-state index in [1.54, 1.807) is 6.08 Å². The number of piperidine rings is 1. The molecule has 1 amide bonds. The van der Waals surface area contributed by atoms with Crippen LogP contribution < -0.4 is 0 Å². The molecule has 4 heteroatoms. The number of amides is 1. The molecule has 0 aromatic rings. The van der Waals surface area contributed by atoms with Crippen molar-refractivity contribution in [1.82, 2.24) is 4.90 Å². The quantitative estimate of drug-likeness (QED) is 0.762. The van der Waals surface area contributed by atoms with Crippen LogP contribution in [0.3, 0.4) is 0 Å². The second-order valence-corrected chi connectivity index (χ2v) is 5.45. The molecule has 2 aliphatic heterocycles.